The van der Waals surface area contributed by atoms with Crippen LogP contribution < -0.4 is 10.2 Å². The van der Waals surface area contributed by atoms with Crippen LogP contribution in [0.2, 0.25) is 0 Å². The summed E-state index contributed by atoms with van der Waals surface area (Å²) in [6.07, 6.45) is 3.66. The number of hydrogen-bond donors (Lipinski definition) is 1. The second-order valence-electron chi connectivity index (χ2n) is 5.56. The van der Waals surface area contributed by atoms with Crippen molar-refractivity contribution in [2.75, 3.05) is 18.5 Å². The summed E-state index contributed by atoms with van der Waals surface area (Å²) in [6, 6.07) is 8.49. The van der Waals surface area contributed by atoms with Gasteiger partial charge in [-0.25, -0.2) is 4.39 Å². The van der Waals surface area contributed by atoms with Crippen molar-refractivity contribution in [2.45, 2.75) is 20.4 Å². The average molecular weight is 287 g/mol. The molecule has 0 aliphatic carbocycles. The molecule has 1 aromatic carbocycles. The van der Waals surface area contributed by atoms with Gasteiger partial charge < -0.3 is 10.2 Å². The van der Waals surface area contributed by atoms with E-state index < -0.39 is 0 Å². The number of nitrogens with zero attached hydrogens (tertiary/aromatic N) is 2. The van der Waals surface area contributed by atoms with E-state index in [1.54, 1.807) is 18.3 Å². The van der Waals surface area contributed by atoms with Crippen LogP contribution in [-0.2, 0) is 6.54 Å². The minimum Gasteiger partial charge on any atom is -0.344 e. The number of anilines is 2. The van der Waals surface area contributed by atoms with Crippen molar-refractivity contribution in [1.29, 1.82) is 0 Å². The quantitative estimate of drug-likeness (QED) is 0.877. The molecule has 3 nitrogen and oxygen atoms in total. The van der Waals surface area contributed by atoms with Crippen LogP contribution in [0.15, 0.2) is 42.7 Å². The number of benzene rings is 1. The van der Waals surface area contributed by atoms with Crippen molar-refractivity contribution in [2.24, 2.45) is 5.92 Å². The van der Waals surface area contributed by atoms with Crippen molar-refractivity contribution in [1.82, 2.24) is 10.3 Å². The number of pyridine rings is 1. The van der Waals surface area contributed by atoms with Gasteiger partial charge in [-0.2, -0.15) is 0 Å². The smallest absolute Gasteiger partial charge is 0.123 e. The molecule has 0 aliphatic heterocycles. The Bertz CT molecular complexity index is 567. The average Bonchev–Trinajstić information content (AvgIpc) is 2.47. The van der Waals surface area contributed by atoms with E-state index in [2.05, 4.69) is 24.1 Å². The zero-order chi connectivity index (χ0) is 15.2. The third kappa shape index (κ3) is 4.26. The molecule has 2 aromatic rings. The predicted molar refractivity (Wildman–Crippen MR) is 85.2 cm³/mol. The van der Waals surface area contributed by atoms with Crippen molar-refractivity contribution in [3.63, 3.8) is 0 Å². The van der Waals surface area contributed by atoms with E-state index in [9.17, 15) is 4.39 Å². The molecule has 0 radical (unpaired) electrons. The molecule has 2 rings (SSSR count). The molecule has 112 valence electrons. The first kappa shape index (κ1) is 15.4. The van der Waals surface area contributed by atoms with Gasteiger partial charge in [0.15, 0.2) is 0 Å². The van der Waals surface area contributed by atoms with Crippen LogP contribution in [0.4, 0.5) is 15.8 Å². The zero-order valence-corrected chi connectivity index (χ0v) is 12.8. The summed E-state index contributed by atoms with van der Waals surface area (Å²) in [5.41, 5.74) is 3.16. The zero-order valence-electron chi connectivity index (χ0n) is 12.8. The first-order valence-electron chi connectivity index (χ1n) is 7.21. The van der Waals surface area contributed by atoms with Gasteiger partial charge in [0.2, 0.25) is 0 Å². The molecule has 0 unspecified atom stereocenters. The van der Waals surface area contributed by atoms with Crippen molar-refractivity contribution in [3.8, 4) is 0 Å². The fourth-order valence-electron chi connectivity index (χ4n) is 2.18. The molecule has 0 aliphatic rings. The maximum absolute atomic E-state index is 13.0. The summed E-state index contributed by atoms with van der Waals surface area (Å²) in [5, 5.41) is 3.43. The third-order valence-corrected chi connectivity index (χ3v) is 3.32. The van der Waals surface area contributed by atoms with Gasteiger partial charge in [-0.3, -0.25) is 4.98 Å². The minimum atomic E-state index is -0.222. The summed E-state index contributed by atoms with van der Waals surface area (Å²) in [4.78, 5) is 6.26. The number of rotatable bonds is 6. The third-order valence-electron chi connectivity index (χ3n) is 3.32. The van der Waals surface area contributed by atoms with Crippen molar-refractivity contribution < 1.29 is 4.39 Å². The highest BCUT2D eigenvalue weighted by Crippen LogP contribution is 2.26. The molecule has 21 heavy (non-hydrogen) atoms. The molecule has 0 fully saturated rings. The predicted octanol–water partition coefficient (Wildman–Crippen LogP) is 3.73. The van der Waals surface area contributed by atoms with Gasteiger partial charge in [0.1, 0.15) is 5.82 Å². The van der Waals surface area contributed by atoms with Crippen LogP contribution in [0, 0.1) is 11.7 Å². The lowest BCUT2D eigenvalue weighted by Gasteiger charge is -2.22. The van der Waals surface area contributed by atoms with E-state index in [4.69, 9.17) is 0 Å². The molecule has 0 amide bonds. The summed E-state index contributed by atoms with van der Waals surface area (Å²) in [7, 11) is 1.98. The van der Waals surface area contributed by atoms with Crippen LogP contribution in [-0.4, -0.2) is 18.6 Å². The number of nitrogens with one attached hydrogen (secondary N) is 1. The Morgan fingerprint density at radius 1 is 1.19 bits per heavy atom. The van der Waals surface area contributed by atoms with Crippen molar-refractivity contribution in [3.05, 3.63) is 54.1 Å². The normalized spacial score (nSPS) is 10.9. The van der Waals surface area contributed by atoms with E-state index in [1.165, 1.54) is 12.1 Å². The summed E-state index contributed by atoms with van der Waals surface area (Å²) in [5.74, 6) is 0.389. The Labute approximate surface area is 125 Å². The number of aromatic nitrogens is 1. The lowest BCUT2D eigenvalue weighted by Crippen LogP contribution is -2.21. The molecule has 4 heteroatoms. The van der Waals surface area contributed by atoms with Crippen LogP contribution in [0.5, 0.6) is 0 Å². The maximum atomic E-state index is 13.0. The molecule has 0 saturated heterocycles. The Balaban J connectivity index is 2.16. The Hall–Kier alpha value is -1.94. The summed E-state index contributed by atoms with van der Waals surface area (Å²) >= 11 is 0. The van der Waals surface area contributed by atoms with Gasteiger partial charge >= 0.3 is 0 Å². The molecule has 1 heterocycles. The van der Waals surface area contributed by atoms with Gasteiger partial charge in [-0.15, -0.1) is 0 Å². The monoisotopic (exact) mass is 287 g/mol. The van der Waals surface area contributed by atoms with Crippen molar-refractivity contribution >= 4 is 11.4 Å². The van der Waals surface area contributed by atoms with Crippen LogP contribution in [0.3, 0.4) is 0 Å². The largest absolute Gasteiger partial charge is 0.344 e. The maximum Gasteiger partial charge on any atom is 0.123 e. The fraction of sp³-hybridized carbons (Fsp3) is 0.353. The highest BCUT2D eigenvalue weighted by molar-refractivity contribution is 5.65. The molecule has 0 saturated carbocycles. The van der Waals surface area contributed by atoms with Crippen LogP contribution in [0.1, 0.15) is 19.4 Å². The SMILES string of the molecule is CC(C)CNCc1cnccc1N(C)c1ccc(F)cc1. The second-order valence-corrected chi connectivity index (χ2v) is 5.56. The number of hydrogen-bond acceptors (Lipinski definition) is 3. The Morgan fingerprint density at radius 3 is 2.57 bits per heavy atom. The highest BCUT2D eigenvalue weighted by atomic mass is 19.1. The molecule has 0 spiro atoms. The minimum absolute atomic E-state index is 0.222. The summed E-state index contributed by atoms with van der Waals surface area (Å²) < 4.78 is 13.0. The molecule has 1 aromatic heterocycles. The van der Waals surface area contributed by atoms with Gasteiger partial charge in [-0.05, 0) is 42.8 Å². The molecule has 0 atom stereocenters. The summed E-state index contributed by atoms with van der Waals surface area (Å²) in [6.45, 7) is 6.10. The standard InChI is InChI=1S/C17H22FN3/c1-13(2)10-20-12-14-11-19-9-8-17(14)21(3)16-6-4-15(18)5-7-16/h4-9,11,13,20H,10,12H2,1-3H3. The first-order valence-corrected chi connectivity index (χ1v) is 7.21. The lowest BCUT2D eigenvalue weighted by atomic mass is 10.1. The molecular formula is C17H22FN3. The lowest BCUT2D eigenvalue weighted by molar-refractivity contribution is 0.552. The van der Waals surface area contributed by atoms with Gasteiger partial charge in [0.05, 0.1) is 0 Å². The first-order chi connectivity index (χ1) is 10.1. The van der Waals surface area contributed by atoms with Gasteiger partial charge in [-0.1, -0.05) is 13.8 Å². The molecule has 0 bridgehead atoms. The van der Waals surface area contributed by atoms with Crippen LogP contribution >= 0.6 is 0 Å². The van der Waals surface area contributed by atoms with E-state index in [0.717, 1.165) is 30.0 Å². The van der Waals surface area contributed by atoms with E-state index in [1.807, 2.05) is 24.2 Å². The van der Waals surface area contributed by atoms with E-state index in [0.29, 0.717) is 5.92 Å². The Morgan fingerprint density at radius 2 is 1.90 bits per heavy atom. The second kappa shape index (κ2) is 7.18. The van der Waals surface area contributed by atoms with E-state index >= 15 is 0 Å². The van der Waals surface area contributed by atoms with Gasteiger partial charge in [0, 0.05) is 42.9 Å². The highest BCUT2D eigenvalue weighted by Gasteiger charge is 2.09. The van der Waals surface area contributed by atoms with Crippen LogP contribution in [0.25, 0.3) is 0 Å². The fourth-order valence-corrected chi connectivity index (χ4v) is 2.18. The molecular weight excluding hydrogens is 265 g/mol. The number of halogens is 1. The topological polar surface area (TPSA) is 28.2 Å². The van der Waals surface area contributed by atoms with Gasteiger partial charge in [0.25, 0.3) is 0 Å². The molecule has 1 N–H and O–H groups in total. The van der Waals surface area contributed by atoms with E-state index in [-0.39, 0.29) is 5.82 Å². The Kier molecular flexibility index (Phi) is 5.28.